The Kier molecular flexibility index (Phi) is 4.78. The Balaban J connectivity index is 1.50. The molecule has 1 aliphatic heterocycles. The molecule has 162 valence electrons. The van der Waals surface area contributed by atoms with E-state index < -0.39 is 10.0 Å². The Morgan fingerprint density at radius 1 is 1.16 bits per heavy atom. The third kappa shape index (κ3) is 3.65. The average Bonchev–Trinajstić information content (AvgIpc) is 3.23. The first-order chi connectivity index (χ1) is 15.4. The molecule has 10 heteroatoms. The van der Waals surface area contributed by atoms with Gasteiger partial charge in [-0.25, -0.2) is 18.4 Å². The number of ether oxygens (including phenoxy) is 1. The number of rotatable bonds is 5. The van der Waals surface area contributed by atoms with E-state index in [9.17, 15) is 13.2 Å². The molecule has 0 unspecified atom stereocenters. The van der Waals surface area contributed by atoms with Crippen LogP contribution >= 0.6 is 0 Å². The predicted octanol–water partition coefficient (Wildman–Crippen LogP) is 3.09. The van der Waals surface area contributed by atoms with Crippen LogP contribution in [0.15, 0.2) is 66.0 Å². The van der Waals surface area contributed by atoms with Crippen molar-refractivity contribution in [3.8, 4) is 17.0 Å². The fraction of sp³-hybridized carbons (Fsp3) is 0.136. The number of hydrogen-bond donors (Lipinski definition) is 2. The van der Waals surface area contributed by atoms with Gasteiger partial charge in [-0.2, -0.15) is 0 Å². The largest absolute Gasteiger partial charge is 0.495 e. The predicted molar refractivity (Wildman–Crippen MR) is 119 cm³/mol. The van der Waals surface area contributed by atoms with Gasteiger partial charge in [-0.05, 0) is 54.4 Å². The highest BCUT2D eigenvalue weighted by atomic mass is 32.2. The molecular formula is C22H19N5O4S. The first-order valence-electron chi connectivity index (χ1n) is 9.87. The summed E-state index contributed by atoms with van der Waals surface area (Å²) in [4.78, 5) is 20.4. The van der Waals surface area contributed by atoms with Crippen molar-refractivity contribution < 1.29 is 17.9 Å². The Morgan fingerprint density at radius 3 is 2.84 bits per heavy atom. The van der Waals surface area contributed by atoms with Gasteiger partial charge >= 0.3 is 0 Å². The highest BCUT2D eigenvalue weighted by Crippen LogP contribution is 2.33. The summed E-state index contributed by atoms with van der Waals surface area (Å²) in [5.41, 5.74) is 3.07. The number of anilines is 2. The molecule has 0 fully saturated rings. The molecule has 3 heterocycles. The lowest BCUT2D eigenvalue weighted by Crippen LogP contribution is -2.20. The van der Waals surface area contributed by atoms with Crippen molar-refractivity contribution in [3.05, 3.63) is 66.6 Å². The topological polar surface area (TPSA) is 115 Å². The summed E-state index contributed by atoms with van der Waals surface area (Å²) in [5.74, 6) is 0.848. The lowest BCUT2D eigenvalue weighted by molar-refractivity contribution is -0.116. The lowest BCUT2D eigenvalue weighted by Gasteiger charge is -2.18. The van der Waals surface area contributed by atoms with E-state index in [1.165, 1.54) is 13.2 Å². The number of fused-ring (bicyclic) bond motifs is 2. The molecule has 0 saturated carbocycles. The molecule has 5 rings (SSSR count). The second kappa shape index (κ2) is 7.65. The number of aryl methyl sites for hydroxylation is 1. The van der Waals surface area contributed by atoms with Crippen molar-refractivity contribution in [1.29, 1.82) is 0 Å². The van der Waals surface area contributed by atoms with Crippen LogP contribution in [-0.4, -0.2) is 35.8 Å². The first kappa shape index (κ1) is 20.0. The van der Waals surface area contributed by atoms with Gasteiger partial charge in [0.05, 0.1) is 23.4 Å². The maximum absolute atomic E-state index is 13.1. The van der Waals surface area contributed by atoms with E-state index >= 15 is 0 Å². The van der Waals surface area contributed by atoms with Crippen LogP contribution in [0.5, 0.6) is 5.75 Å². The summed E-state index contributed by atoms with van der Waals surface area (Å²) in [6, 6.07) is 11.6. The zero-order chi connectivity index (χ0) is 22.3. The molecule has 2 aromatic heterocycles. The van der Waals surface area contributed by atoms with Crippen LogP contribution in [0.3, 0.4) is 0 Å². The van der Waals surface area contributed by atoms with Gasteiger partial charge in [0, 0.05) is 36.3 Å². The summed E-state index contributed by atoms with van der Waals surface area (Å²) < 4.78 is 36.0. The molecule has 1 amide bonds. The number of benzene rings is 2. The van der Waals surface area contributed by atoms with E-state index in [2.05, 4.69) is 20.0 Å². The SMILES string of the molecule is COc1ccc(-c2cn3cccnc3n2)cc1NS(=O)(=O)c1ccc2c(c1)CCC(=O)N2. The van der Waals surface area contributed by atoms with Gasteiger partial charge in [0.2, 0.25) is 11.7 Å². The summed E-state index contributed by atoms with van der Waals surface area (Å²) in [6.45, 7) is 0. The highest BCUT2D eigenvalue weighted by Gasteiger charge is 2.21. The molecule has 0 aliphatic carbocycles. The first-order valence-corrected chi connectivity index (χ1v) is 11.3. The number of carbonyl (C=O) groups excluding carboxylic acids is 1. The van der Waals surface area contributed by atoms with Crippen molar-refractivity contribution >= 4 is 33.1 Å². The van der Waals surface area contributed by atoms with E-state index in [1.807, 2.05) is 12.4 Å². The zero-order valence-electron chi connectivity index (χ0n) is 17.1. The van der Waals surface area contributed by atoms with Crippen molar-refractivity contribution in [3.63, 3.8) is 0 Å². The smallest absolute Gasteiger partial charge is 0.262 e. The van der Waals surface area contributed by atoms with Gasteiger partial charge in [0.15, 0.2) is 0 Å². The van der Waals surface area contributed by atoms with Gasteiger partial charge in [0.1, 0.15) is 5.75 Å². The minimum absolute atomic E-state index is 0.0741. The van der Waals surface area contributed by atoms with E-state index in [-0.39, 0.29) is 10.8 Å². The summed E-state index contributed by atoms with van der Waals surface area (Å²) in [6.07, 6.45) is 6.13. The van der Waals surface area contributed by atoms with Gasteiger partial charge < -0.3 is 10.1 Å². The van der Waals surface area contributed by atoms with Crippen LogP contribution in [0.4, 0.5) is 11.4 Å². The average molecular weight is 449 g/mol. The van der Waals surface area contributed by atoms with Crippen molar-refractivity contribution in [2.75, 3.05) is 17.1 Å². The summed E-state index contributed by atoms with van der Waals surface area (Å²) >= 11 is 0. The number of nitrogens with one attached hydrogen (secondary N) is 2. The molecule has 32 heavy (non-hydrogen) atoms. The zero-order valence-corrected chi connectivity index (χ0v) is 17.9. The molecule has 2 aromatic carbocycles. The normalized spacial score (nSPS) is 13.5. The van der Waals surface area contributed by atoms with Crippen LogP contribution in [0, 0.1) is 0 Å². The fourth-order valence-corrected chi connectivity index (χ4v) is 4.76. The molecule has 4 aromatic rings. The number of aromatic nitrogens is 3. The number of sulfonamides is 1. The minimum Gasteiger partial charge on any atom is -0.495 e. The van der Waals surface area contributed by atoms with Crippen LogP contribution in [0.1, 0.15) is 12.0 Å². The molecule has 1 aliphatic rings. The molecule has 0 bridgehead atoms. The molecule has 0 atom stereocenters. The summed E-state index contributed by atoms with van der Waals surface area (Å²) in [7, 11) is -2.42. The molecule has 2 N–H and O–H groups in total. The van der Waals surface area contributed by atoms with Crippen LogP contribution < -0.4 is 14.8 Å². The number of amides is 1. The summed E-state index contributed by atoms with van der Waals surface area (Å²) in [5, 5.41) is 2.75. The third-order valence-electron chi connectivity index (χ3n) is 5.26. The molecule has 0 radical (unpaired) electrons. The second-order valence-corrected chi connectivity index (χ2v) is 9.02. The maximum Gasteiger partial charge on any atom is 0.262 e. The number of carbonyl (C=O) groups is 1. The molecule has 0 saturated heterocycles. The standard InChI is InChI=1S/C22H19N5O4S/c1-31-20-7-3-15(19-13-27-10-2-9-23-22(27)25-19)12-18(20)26-32(29,30)16-5-6-17-14(11-16)4-8-21(28)24-17/h2-3,5-7,9-13,26H,4,8H2,1H3,(H,24,28). The van der Waals surface area contributed by atoms with Crippen LogP contribution in [0.2, 0.25) is 0 Å². The van der Waals surface area contributed by atoms with Crippen LogP contribution in [-0.2, 0) is 21.2 Å². The Labute approximate surface area is 184 Å². The molecule has 9 nitrogen and oxygen atoms in total. The van der Waals surface area contributed by atoms with Gasteiger partial charge in [0.25, 0.3) is 10.0 Å². The third-order valence-corrected chi connectivity index (χ3v) is 6.62. The molecular weight excluding hydrogens is 430 g/mol. The lowest BCUT2D eigenvalue weighted by atomic mass is 10.0. The Bertz CT molecular complexity index is 1430. The Hall–Kier alpha value is -3.92. The number of imidazole rings is 1. The quantitative estimate of drug-likeness (QED) is 0.484. The van der Waals surface area contributed by atoms with Gasteiger partial charge in [-0.15, -0.1) is 0 Å². The highest BCUT2D eigenvalue weighted by molar-refractivity contribution is 7.92. The van der Waals surface area contributed by atoms with E-state index in [4.69, 9.17) is 4.74 Å². The van der Waals surface area contributed by atoms with Crippen molar-refractivity contribution in [1.82, 2.24) is 14.4 Å². The van der Waals surface area contributed by atoms with E-state index in [0.29, 0.717) is 47.0 Å². The molecule has 0 spiro atoms. The maximum atomic E-state index is 13.1. The van der Waals surface area contributed by atoms with Gasteiger partial charge in [-0.3, -0.25) is 13.9 Å². The fourth-order valence-electron chi connectivity index (χ4n) is 3.65. The van der Waals surface area contributed by atoms with Gasteiger partial charge in [-0.1, -0.05) is 0 Å². The Morgan fingerprint density at radius 2 is 2.03 bits per heavy atom. The number of nitrogens with zero attached hydrogens (tertiary/aromatic N) is 3. The minimum atomic E-state index is -3.90. The number of methoxy groups -OCH3 is 1. The van der Waals surface area contributed by atoms with E-state index in [1.54, 1.807) is 47.0 Å². The number of hydrogen-bond acceptors (Lipinski definition) is 6. The second-order valence-electron chi connectivity index (χ2n) is 7.34. The van der Waals surface area contributed by atoms with Crippen molar-refractivity contribution in [2.24, 2.45) is 0 Å². The van der Waals surface area contributed by atoms with Crippen LogP contribution in [0.25, 0.3) is 17.0 Å². The van der Waals surface area contributed by atoms with E-state index in [0.717, 1.165) is 5.56 Å². The monoisotopic (exact) mass is 449 g/mol. The van der Waals surface area contributed by atoms with Crippen molar-refractivity contribution in [2.45, 2.75) is 17.7 Å².